The van der Waals surface area contributed by atoms with Crippen LogP contribution in [0.5, 0.6) is 0 Å². The Morgan fingerprint density at radius 1 is 1.57 bits per heavy atom. The third kappa shape index (κ3) is 2.07. The van der Waals surface area contributed by atoms with Gasteiger partial charge in [-0.15, -0.1) is 0 Å². The Bertz CT molecular complexity index is 394. The molecule has 0 aromatic heterocycles. The van der Waals surface area contributed by atoms with Crippen molar-refractivity contribution in [3.8, 4) is 0 Å². The highest BCUT2D eigenvalue weighted by molar-refractivity contribution is 5.95. The predicted octanol–water partition coefficient (Wildman–Crippen LogP) is 2.66. The minimum Gasteiger partial charge on any atom is -0.462 e. The zero-order valence-corrected chi connectivity index (χ0v) is 8.15. The lowest BCUT2D eigenvalue weighted by molar-refractivity contribution is 0.0527. The van der Waals surface area contributed by atoms with Crippen molar-refractivity contribution in [3.63, 3.8) is 0 Å². The Hall–Kier alpha value is -1.89. The summed E-state index contributed by atoms with van der Waals surface area (Å²) in [6.07, 6.45) is 0. The lowest BCUT2D eigenvalue weighted by atomic mass is 10.1. The van der Waals surface area contributed by atoms with Gasteiger partial charge in [0.1, 0.15) is 0 Å². The zero-order chi connectivity index (χ0) is 10.6. The largest absolute Gasteiger partial charge is 0.462 e. The number of carbonyl (C=O) groups is 1. The van der Waals surface area contributed by atoms with E-state index >= 15 is 0 Å². The second-order valence-electron chi connectivity index (χ2n) is 2.84. The fraction of sp³-hybridized carbons (Fsp3) is 0.300. The molecular weight excluding hydrogens is 180 g/mol. The molecule has 4 heteroatoms. The Morgan fingerprint density at radius 3 is 2.86 bits per heavy atom. The summed E-state index contributed by atoms with van der Waals surface area (Å²) >= 11 is 0. The summed E-state index contributed by atoms with van der Waals surface area (Å²) in [6, 6.07) is 4.97. The van der Waals surface area contributed by atoms with E-state index in [1.165, 1.54) is 0 Å². The van der Waals surface area contributed by atoms with Crippen LogP contribution < -0.4 is 0 Å². The number of aryl methyl sites for hydroxylation is 1. The number of diazo groups is 1. The van der Waals surface area contributed by atoms with Gasteiger partial charge in [-0.3, -0.25) is 0 Å². The summed E-state index contributed by atoms with van der Waals surface area (Å²) in [5.74, 6) is -0.472. The van der Waals surface area contributed by atoms with Crippen LogP contribution in [0.4, 0.5) is 5.69 Å². The molecule has 0 aliphatic carbocycles. The average molecular weight is 191 g/mol. The molecule has 0 fully saturated rings. The van der Waals surface area contributed by atoms with Gasteiger partial charge in [0.15, 0.2) is 10.5 Å². The number of hydrogen-bond acceptors (Lipinski definition) is 3. The number of hydrogen-bond donors (Lipinski definition) is 0. The summed E-state index contributed by atoms with van der Waals surface area (Å²) in [5, 5.41) is 8.68. The highest BCUT2D eigenvalue weighted by Crippen LogP contribution is 2.21. The highest BCUT2D eigenvalue weighted by Gasteiger charge is 2.21. The van der Waals surface area contributed by atoms with Crippen molar-refractivity contribution in [2.45, 2.75) is 13.8 Å². The zero-order valence-electron chi connectivity index (χ0n) is 8.15. The van der Waals surface area contributed by atoms with Gasteiger partial charge >= 0.3 is 11.7 Å². The number of esters is 1. The molecule has 1 aromatic carbocycles. The van der Waals surface area contributed by atoms with Crippen molar-refractivity contribution in [2.24, 2.45) is 0 Å². The normalized spacial score (nSPS) is 9.21. The molecule has 0 radical (unpaired) electrons. The Morgan fingerprint density at radius 2 is 2.29 bits per heavy atom. The smallest absolute Gasteiger partial charge is 0.399 e. The molecule has 0 atom stereocenters. The van der Waals surface area contributed by atoms with Gasteiger partial charge in [0.25, 0.3) is 0 Å². The number of benzene rings is 1. The first-order chi connectivity index (χ1) is 6.69. The van der Waals surface area contributed by atoms with Crippen LogP contribution in [-0.4, -0.2) is 12.6 Å². The Balaban J connectivity index is 3.09. The van der Waals surface area contributed by atoms with E-state index in [2.05, 4.69) is 4.98 Å². The van der Waals surface area contributed by atoms with Gasteiger partial charge in [-0.2, -0.15) is 0 Å². The molecule has 0 spiro atoms. The van der Waals surface area contributed by atoms with Gasteiger partial charge in [-0.05, 0) is 25.5 Å². The van der Waals surface area contributed by atoms with Crippen LogP contribution in [-0.2, 0) is 4.74 Å². The molecular formula is C10H11N2O2+. The maximum absolute atomic E-state index is 11.3. The van der Waals surface area contributed by atoms with E-state index in [4.69, 9.17) is 10.1 Å². The lowest BCUT2D eigenvalue weighted by Crippen LogP contribution is -2.04. The molecule has 0 N–H and O–H groups in total. The van der Waals surface area contributed by atoms with E-state index in [0.717, 1.165) is 5.56 Å². The van der Waals surface area contributed by atoms with E-state index < -0.39 is 5.97 Å². The van der Waals surface area contributed by atoms with E-state index in [0.29, 0.717) is 6.61 Å². The molecule has 1 aromatic rings. The number of rotatable bonds is 2. The first kappa shape index (κ1) is 10.2. The number of ether oxygens (including phenoxy) is 1. The molecule has 0 bridgehead atoms. The van der Waals surface area contributed by atoms with Crippen LogP contribution in [0.2, 0.25) is 0 Å². The lowest BCUT2D eigenvalue weighted by Gasteiger charge is -1.98. The van der Waals surface area contributed by atoms with Gasteiger partial charge in [-0.25, -0.2) is 4.79 Å². The highest BCUT2D eigenvalue weighted by atomic mass is 16.5. The van der Waals surface area contributed by atoms with Crippen LogP contribution in [0.3, 0.4) is 0 Å². The van der Waals surface area contributed by atoms with Crippen molar-refractivity contribution in [1.29, 1.82) is 5.39 Å². The molecule has 72 valence electrons. The van der Waals surface area contributed by atoms with Crippen LogP contribution in [0, 0.1) is 12.3 Å². The van der Waals surface area contributed by atoms with Crippen LogP contribution in [0.1, 0.15) is 22.8 Å². The molecule has 0 amide bonds. The first-order valence-corrected chi connectivity index (χ1v) is 4.32. The van der Waals surface area contributed by atoms with Gasteiger partial charge in [0.2, 0.25) is 5.39 Å². The van der Waals surface area contributed by atoms with Crippen molar-refractivity contribution in [3.05, 3.63) is 34.3 Å². The quantitative estimate of drug-likeness (QED) is 0.533. The van der Waals surface area contributed by atoms with Crippen LogP contribution >= 0.6 is 0 Å². The van der Waals surface area contributed by atoms with E-state index in [9.17, 15) is 4.79 Å². The van der Waals surface area contributed by atoms with Gasteiger partial charge < -0.3 is 4.74 Å². The molecule has 0 heterocycles. The molecule has 14 heavy (non-hydrogen) atoms. The molecule has 0 aliphatic heterocycles. The number of nitrogens with zero attached hydrogens (tertiary/aromatic N) is 2. The third-order valence-electron chi connectivity index (χ3n) is 1.76. The summed E-state index contributed by atoms with van der Waals surface area (Å²) in [4.78, 5) is 14.4. The van der Waals surface area contributed by atoms with Crippen LogP contribution in [0.15, 0.2) is 18.2 Å². The summed E-state index contributed by atoms with van der Waals surface area (Å²) in [6.45, 7) is 3.88. The topological polar surface area (TPSA) is 54.5 Å². The predicted molar refractivity (Wildman–Crippen MR) is 51.9 cm³/mol. The Kier molecular flexibility index (Phi) is 3.19. The van der Waals surface area contributed by atoms with Gasteiger partial charge in [0.05, 0.1) is 6.61 Å². The second-order valence-corrected chi connectivity index (χ2v) is 2.84. The molecule has 0 saturated heterocycles. The number of carbonyl (C=O) groups excluding carboxylic acids is 1. The monoisotopic (exact) mass is 191 g/mol. The maximum atomic E-state index is 11.3. The minimum atomic E-state index is -0.472. The summed E-state index contributed by atoms with van der Waals surface area (Å²) in [5.41, 5.74) is 1.44. The molecule has 0 saturated carbocycles. The fourth-order valence-corrected chi connectivity index (χ4v) is 1.11. The molecule has 0 unspecified atom stereocenters. The summed E-state index contributed by atoms with van der Waals surface area (Å²) in [7, 11) is 0. The van der Waals surface area contributed by atoms with Gasteiger partial charge in [0, 0.05) is 6.07 Å². The second kappa shape index (κ2) is 4.38. The Labute approximate surface area is 82.1 Å². The summed E-state index contributed by atoms with van der Waals surface area (Å²) < 4.78 is 4.80. The first-order valence-electron chi connectivity index (χ1n) is 4.32. The molecule has 1 rings (SSSR count). The maximum Gasteiger partial charge on any atom is 0.399 e. The third-order valence-corrected chi connectivity index (χ3v) is 1.76. The fourth-order valence-electron chi connectivity index (χ4n) is 1.11. The molecule has 4 nitrogen and oxygen atoms in total. The van der Waals surface area contributed by atoms with Crippen molar-refractivity contribution < 1.29 is 9.53 Å². The van der Waals surface area contributed by atoms with Crippen molar-refractivity contribution >= 4 is 11.7 Å². The SMILES string of the molecule is CCOC(=O)c1ccc(C)cc1[N+]#N. The van der Waals surface area contributed by atoms with Gasteiger partial charge in [-0.1, -0.05) is 6.07 Å². The van der Waals surface area contributed by atoms with Crippen molar-refractivity contribution in [1.82, 2.24) is 0 Å². The van der Waals surface area contributed by atoms with Crippen LogP contribution in [0.25, 0.3) is 4.98 Å². The van der Waals surface area contributed by atoms with Crippen molar-refractivity contribution in [2.75, 3.05) is 6.61 Å². The standard InChI is InChI=1S/C10H11N2O2/c1-3-14-10(13)8-5-4-7(2)6-9(8)12-11/h4-6H,3H2,1-2H3/q+1. The minimum absolute atomic E-state index is 0.239. The average Bonchev–Trinajstić information content (AvgIpc) is 2.17. The van der Waals surface area contributed by atoms with E-state index in [1.54, 1.807) is 25.1 Å². The van der Waals surface area contributed by atoms with E-state index in [-0.39, 0.29) is 11.3 Å². The molecule has 0 aliphatic rings. The van der Waals surface area contributed by atoms with E-state index in [1.807, 2.05) is 6.92 Å².